The van der Waals surface area contributed by atoms with Gasteiger partial charge in [-0.3, -0.25) is 14.4 Å². The van der Waals surface area contributed by atoms with Gasteiger partial charge in [0.05, 0.1) is 5.41 Å². The summed E-state index contributed by atoms with van der Waals surface area (Å²) >= 11 is 0. The summed E-state index contributed by atoms with van der Waals surface area (Å²) in [6.07, 6.45) is 1.79. The highest BCUT2D eigenvalue weighted by Crippen LogP contribution is 2.24. The molecule has 1 aliphatic rings. The number of carboxylic acid groups (broad SMARTS) is 1. The Morgan fingerprint density at radius 2 is 1.96 bits per heavy atom. The van der Waals surface area contributed by atoms with Gasteiger partial charge in [-0.1, -0.05) is 0 Å². The van der Waals surface area contributed by atoms with Crippen molar-refractivity contribution in [3.8, 4) is 5.75 Å². The van der Waals surface area contributed by atoms with Crippen LogP contribution in [0.25, 0.3) is 0 Å². The summed E-state index contributed by atoms with van der Waals surface area (Å²) in [7, 11) is 0. The highest BCUT2D eigenvalue weighted by Gasteiger charge is 2.26. The van der Waals surface area contributed by atoms with Gasteiger partial charge in [0.2, 0.25) is 5.91 Å². The zero-order valence-electron chi connectivity index (χ0n) is 14.6. The van der Waals surface area contributed by atoms with Gasteiger partial charge in [-0.15, -0.1) is 0 Å². The number of carbonyl (C=O) groups excluding carboxylic acids is 2. The third-order valence-corrected chi connectivity index (χ3v) is 4.24. The Balaban J connectivity index is 1.74. The summed E-state index contributed by atoms with van der Waals surface area (Å²) in [6, 6.07) is 7.04. The minimum Gasteiger partial charge on any atom is -0.484 e. The van der Waals surface area contributed by atoms with Crippen molar-refractivity contribution >= 4 is 23.5 Å². The van der Waals surface area contributed by atoms with Crippen LogP contribution in [0.5, 0.6) is 5.75 Å². The first-order valence-corrected chi connectivity index (χ1v) is 8.33. The van der Waals surface area contributed by atoms with Crippen LogP contribution in [-0.4, -0.2) is 42.6 Å². The molecule has 0 radical (unpaired) electrons. The van der Waals surface area contributed by atoms with E-state index in [-0.39, 0.29) is 25.0 Å². The highest BCUT2D eigenvalue weighted by molar-refractivity contribution is 5.95. The molecule has 0 atom stereocenters. The van der Waals surface area contributed by atoms with Gasteiger partial charge in [0, 0.05) is 25.2 Å². The summed E-state index contributed by atoms with van der Waals surface area (Å²) in [5.41, 5.74) is -0.0491. The van der Waals surface area contributed by atoms with Gasteiger partial charge in [-0.2, -0.15) is 0 Å². The van der Waals surface area contributed by atoms with Crippen LogP contribution in [0.15, 0.2) is 24.3 Å². The van der Waals surface area contributed by atoms with Crippen molar-refractivity contribution in [1.82, 2.24) is 5.32 Å². The average Bonchev–Trinajstić information content (AvgIpc) is 2.99. The molecule has 2 rings (SSSR count). The fourth-order valence-corrected chi connectivity index (χ4v) is 2.46. The highest BCUT2D eigenvalue weighted by atomic mass is 16.5. The Morgan fingerprint density at radius 3 is 2.52 bits per heavy atom. The third kappa shape index (κ3) is 5.20. The van der Waals surface area contributed by atoms with Crippen LogP contribution >= 0.6 is 0 Å². The van der Waals surface area contributed by atoms with E-state index in [0.29, 0.717) is 18.6 Å². The molecule has 0 spiro atoms. The van der Waals surface area contributed by atoms with Gasteiger partial charge in [0.1, 0.15) is 5.75 Å². The summed E-state index contributed by atoms with van der Waals surface area (Å²) < 4.78 is 5.41. The molecule has 1 aliphatic heterocycles. The fourth-order valence-electron chi connectivity index (χ4n) is 2.46. The molecule has 7 heteroatoms. The lowest BCUT2D eigenvalue weighted by molar-refractivity contribution is -0.147. The van der Waals surface area contributed by atoms with E-state index in [4.69, 9.17) is 9.84 Å². The molecule has 1 fully saturated rings. The van der Waals surface area contributed by atoms with Crippen molar-refractivity contribution < 1.29 is 24.2 Å². The topological polar surface area (TPSA) is 95.9 Å². The van der Waals surface area contributed by atoms with E-state index in [9.17, 15) is 14.4 Å². The van der Waals surface area contributed by atoms with E-state index in [2.05, 4.69) is 5.32 Å². The normalized spacial score (nSPS) is 14.5. The molecule has 7 nitrogen and oxygen atoms in total. The molecule has 0 aromatic heterocycles. The predicted molar refractivity (Wildman–Crippen MR) is 92.6 cm³/mol. The Bertz CT molecular complexity index is 639. The van der Waals surface area contributed by atoms with Crippen molar-refractivity contribution in [3.63, 3.8) is 0 Å². The van der Waals surface area contributed by atoms with Crippen LogP contribution in [0.2, 0.25) is 0 Å². The molecule has 2 N–H and O–H groups in total. The number of benzene rings is 1. The number of hydrogen-bond donors (Lipinski definition) is 2. The Hall–Kier alpha value is -2.57. The number of rotatable bonds is 8. The van der Waals surface area contributed by atoms with Gasteiger partial charge in [-0.05, 0) is 51.0 Å². The molecule has 1 aromatic rings. The lowest BCUT2D eigenvalue weighted by Crippen LogP contribution is -2.34. The van der Waals surface area contributed by atoms with Crippen molar-refractivity contribution in [1.29, 1.82) is 0 Å². The minimum absolute atomic E-state index is 0.123. The summed E-state index contributed by atoms with van der Waals surface area (Å²) in [4.78, 5) is 36.2. The SMILES string of the molecule is CC(C)(CCNC(=O)COc1ccc(N2CCCC2=O)cc1)C(=O)O. The van der Waals surface area contributed by atoms with E-state index >= 15 is 0 Å². The quantitative estimate of drug-likeness (QED) is 0.747. The summed E-state index contributed by atoms with van der Waals surface area (Å²) in [6.45, 7) is 4.09. The van der Waals surface area contributed by atoms with Gasteiger partial charge < -0.3 is 20.1 Å². The minimum atomic E-state index is -0.894. The van der Waals surface area contributed by atoms with Crippen LogP contribution in [0.4, 0.5) is 5.69 Å². The Morgan fingerprint density at radius 1 is 1.28 bits per heavy atom. The molecule has 2 amide bonds. The van der Waals surface area contributed by atoms with E-state index in [1.165, 1.54) is 0 Å². The molecule has 1 heterocycles. The number of nitrogens with zero attached hydrogens (tertiary/aromatic N) is 1. The molecular formula is C18H24N2O5. The zero-order chi connectivity index (χ0) is 18.4. The zero-order valence-corrected chi connectivity index (χ0v) is 14.6. The number of hydrogen-bond acceptors (Lipinski definition) is 4. The average molecular weight is 348 g/mol. The molecule has 0 saturated carbocycles. The molecule has 0 bridgehead atoms. The number of amides is 2. The molecule has 1 aromatic carbocycles. The first-order valence-electron chi connectivity index (χ1n) is 8.33. The first kappa shape index (κ1) is 18.8. The van der Waals surface area contributed by atoms with E-state index in [1.54, 1.807) is 43.0 Å². The smallest absolute Gasteiger partial charge is 0.309 e. The second-order valence-corrected chi connectivity index (χ2v) is 6.72. The second-order valence-electron chi connectivity index (χ2n) is 6.72. The van der Waals surface area contributed by atoms with Crippen LogP contribution in [0.1, 0.15) is 33.1 Å². The molecule has 136 valence electrons. The monoisotopic (exact) mass is 348 g/mol. The van der Waals surface area contributed by atoms with E-state index in [0.717, 1.165) is 18.7 Å². The number of carbonyl (C=O) groups is 3. The van der Waals surface area contributed by atoms with Crippen molar-refractivity contribution in [2.75, 3.05) is 24.6 Å². The number of nitrogens with one attached hydrogen (secondary N) is 1. The second kappa shape index (κ2) is 8.00. The molecule has 0 unspecified atom stereocenters. The predicted octanol–water partition coefficient (Wildman–Crippen LogP) is 1.81. The van der Waals surface area contributed by atoms with Gasteiger partial charge in [0.15, 0.2) is 6.61 Å². The Kier molecular flexibility index (Phi) is 6.01. The summed E-state index contributed by atoms with van der Waals surface area (Å²) in [5, 5.41) is 11.7. The van der Waals surface area contributed by atoms with Gasteiger partial charge in [-0.25, -0.2) is 0 Å². The lowest BCUT2D eigenvalue weighted by atomic mass is 9.90. The van der Waals surface area contributed by atoms with Crippen LogP contribution < -0.4 is 15.0 Å². The van der Waals surface area contributed by atoms with Crippen molar-refractivity contribution in [3.05, 3.63) is 24.3 Å². The van der Waals surface area contributed by atoms with Gasteiger partial charge in [0.25, 0.3) is 5.91 Å². The van der Waals surface area contributed by atoms with Crippen LogP contribution in [-0.2, 0) is 14.4 Å². The molecule has 25 heavy (non-hydrogen) atoms. The van der Waals surface area contributed by atoms with Crippen LogP contribution in [0, 0.1) is 5.41 Å². The number of aliphatic carboxylic acids is 1. The fraction of sp³-hybridized carbons (Fsp3) is 0.500. The lowest BCUT2D eigenvalue weighted by Gasteiger charge is -2.19. The number of anilines is 1. The van der Waals surface area contributed by atoms with Crippen molar-refractivity contribution in [2.24, 2.45) is 5.41 Å². The maximum Gasteiger partial charge on any atom is 0.309 e. The number of carboxylic acids is 1. The maximum absolute atomic E-state index is 11.8. The standard InChI is InChI=1S/C18H24N2O5/c1-18(2,17(23)24)9-10-19-15(21)12-25-14-7-5-13(6-8-14)20-11-3-4-16(20)22/h5-8H,3-4,9-12H2,1-2H3,(H,19,21)(H,23,24). The number of ether oxygens (including phenoxy) is 1. The van der Waals surface area contributed by atoms with Crippen molar-refractivity contribution in [2.45, 2.75) is 33.1 Å². The van der Waals surface area contributed by atoms with Gasteiger partial charge >= 0.3 is 5.97 Å². The maximum atomic E-state index is 11.8. The molecule has 1 saturated heterocycles. The summed E-state index contributed by atoms with van der Waals surface area (Å²) in [5.74, 6) is -0.539. The van der Waals surface area contributed by atoms with E-state index < -0.39 is 11.4 Å². The Labute approximate surface area is 147 Å². The molecule has 0 aliphatic carbocycles. The first-order chi connectivity index (χ1) is 11.8. The largest absolute Gasteiger partial charge is 0.484 e. The van der Waals surface area contributed by atoms with Crippen LogP contribution in [0.3, 0.4) is 0 Å². The van der Waals surface area contributed by atoms with E-state index in [1.807, 2.05) is 0 Å². The molecular weight excluding hydrogens is 324 g/mol. The third-order valence-electron chi connectivity index (χ3n) is 4.24.